The number of hydrogen-bond donors (Lipinski definition) is 1. The number of aryl methyl sites for hydroxylation is 1. The highest BCUT2D eigenvalue weighted by atomic mass is 35.5. The molecule has 2 aromatic rings. The normalized spacial score (nSPS) is 10.3. The summed E-state index contributed by atoms with van der Waals surface area (Å²) in [5, 5.41) is 11.6. The Bertz CT molecular complexity index is 557. The second-order valence-electron chi connectivity index (χ2n) is 3.54. The molecule has 0 spiro atoms. The fraction of sp³-hybridized carbons (Fsp3) is 0.182. The van der Waals surface area contributed by atoms with Crippen LogP contribution in [0.25, 0.3) is 0 Å². The van der Waals surface area contributed by atoms with Crippen LogP contribution in [0.5, 0.6) is 0 Å². The van der Waals surface area contributed by atoms with E-state index in [-0.39, 0.29) is 11.7 Å². The Labute approximate surface area is 114 Å². The van der Waals surface area contributed by atoms with Gasteiger partial charge in [0.25, 0.3) is 0 Å². The van der Waals surface area contributed by atoms with Crippen LogP contribution < -0.4 is 5.32 Å². The lowest BCUT2D eigenvalue weighted by atomic mass is 10.3. The van der Waals surface area contributed by atoms with Crippen LogP contribution in [0.15, 0.2) is 35.7 Å². The highest BCUT2D eigenvalue weighted by Gasteiger charge is 2.08. The summed E-state index contributed by atoms with van der Waals surface area (Å²) in [4.78, 5) is 11.7. The first kappa shape index (κ1) is 12.9. The van der Waals surface area contributed by atoms with Gasteiger partial charge >= 0.3 is 0 Å². The largest absolute Gasteiger partial charge is 0.324 e. The second kappa shape index (κ2) is 5.88. The summed E-state index contributed by atoms with van der Waals surface area (Å²) in [5.41, 5.74) is 0.614. The number of benzene rings is 1. The molecule has 1 heterocycles. The summed E-state index contributed by atoms with van der Waals surface area (Å²) < 4.78 is 1.76. The van der Waals surface area contributed by atoms with Crippen molar-refractivity contribution in [1.29, 1.82) is 0 Å². The van der Waals surface area contributed by atoms with E-state index < -0.39 is 0 Å². The summed E-state index contributed by atoms with van der Waals surface area (Å²) in [6, 6.07) is 7.11. The van der Waals surface area contributed by atoms with Crippen LogP contribution in [0.2, 0.25) is 5.02 Å². The second-order valence-corrected chi connectivity index (χ2v) is 4.89. The Hall–Kier alpha value is -1.53. The van der Waals surface area contributed by atoms with Crippen LogP contribution in [-0.2, 0) is 11.8 Å². The number of rotatable bonds is 4. The maximum Gasteiger partial charge on any atom is 0.234 e. The van der Waals surface area contributed by atoms with Crippen LogP contribution in [0.3, 0.4) is 0 Å². The quantitative estimate of drug-likeness (QED) is 0.874. The number of amides is 1. The molecule has 18 heavy (non-hydrogen) atoms. The highest BCUT2D eigenvalue weighted by molar-refractivity contribution is 7.99. The van der Waals surface area contributed by atoms with Crippen LogP contribution >= 0.6 is 23.4 Å². The van der Waals surface area contributed by atoms with E-state index in [1.807, 2.05) is 19.2 Å². The summed E-state index contributed by atoms with van der Waals surface area (Å²) in [7, 11) is 1.83. The van der Waals surface area contributed by atoms with E-state index in [0.29, 0.717) is 15.9 Å². The van der Waals surface area contributed by atoms with Crippen molar-refractivity contribution in [3.8, 4) is 0 Å². The smallest absolute Gasteiger partial charge is 0.234 e. The summed E-state index contributed by atoms with van der Waals surface area (Å²) in [6.07, 6.45) is 1.59. The lowest BCUT2D eigenvalue weighted by Gasteiger charge is -2.06. The minimum absolute atomic E-state index is 0.129. The molecule has 1 aromatic carbocycles. The molecule has 94 valence electrons. The van der Waals surface area contributed by atoms with Gasteiger partial charge in [0.2, 0.25) is 5.91 Å². The molecule has 0 atom stereocenters. The fourth-order valence-electron chi connectivity index (χ4n) is 1.28. The molecule has 7 heteroatoms. The first-order valence-corrected chi connectivity index (χ1v) is 6.54. The maximum atomic E-state index is 11.7. The Morgan fingerprint density at radius 1 is 1.50 bits per heavy atom. The average Bonchev–Trinajstić information content (AvgIpc) is 2.75. The Kier molecular flexibility index (Phi) is 4.22. The molecule has 0 aliphatic rings. The zero-order chi connectivity index (χ0) is 13.0. The molecular formula is C11H11ClN4OS. The van der Waals surface area contributed by atoms with Crippen molar-refractivity contribution >= 4 is 35.0 Å². The zero-order valence-corrected chi connectivity index (χ0v) is 11.2. The third-order valence-electron chi connectivity index (χ3n) is 2.15. The average molecular weight is 283 g/mol. The predicted octanol–water partition coefficient (Wildman–Crippen LogP) is 2.20. The summed E-state index contributed by atoms with van der Waals surface area (Å²) in [6.45, 7) is 0. The number of carbonyl (C=O) groups excluding carboxylic acids is 1. The number of aromatic nitrogens is 3. The van der Waals surface area contributed by atoms with E-state index in [9.17, 15) is 4.79 Å². The molecule has 1 N–H and O–H groups in total. The number of para-hydroxylation sites is 1. The van der Waals surface area contributed by atoms with Crippen molar-refractivity contribution in [2.24, 2.45) is 7.05 Å². The number of carbonyl (C=O) groups is 1. The molecule has 0 saturated carbocycles. The number of thioether (sulfide) groups is 1. The minimum Gasteiger partial charge on any atom is -0.324 e. The molecule has 0 aliphatic carbocycles. The summed E-state index contributed by atoms with van der Waals surface area (Å²) >= 11 is 7.27. The van der Waals surface area contributed by atoms with Crippen LogP contribution in [0.4, 0.5) is 5.69 Å². The monoisotopic (exact) mass is 282 g/mol. The van der Waals surface area contributed by atoms with Crippen LogP contribution in [0, 0.1) is 0 Å². The molecule has 0 aliphatic heterocycles. The van der Waals surface area contributed by atoms with Gasteiger partial charge in [0.15, 0.2) is 5.16 Å². The zero-order valence-electron chi connectivity index (χ0n) is 9.63. The van der Waals surface area contributed by atoms with Crippen LogP contribution in [0.1, 0.15) is 0 Å². The van der Waals surface area contributed by atoms with Gasteiger partial charge in [-0.3, -0.25) is 4.79 Å². The number of hydrogen-bond acceptors (Lipinski definition) is 4. The van der Waals surface area contributed by atoms with Gasteiger partial charge in [-0.25, -0.2) is 0 Å². The molecule has 0 fully saturated rings. The van der Waals surface area contributed by atoms with Gasteiger partial charge in [-0.2, -0.15) is 0 Å². The third-order valence-corrected chi connectivity index (χ3v) is 3.51. The Balaban J connectivity index is 1.90. The molecule has 0 unspecified atom stereocenters. The Morgan fingerprint density at radius 2 is 2.28 bits per heavy atom. The molecule has 0 saturated heterocycles. The van der Waals surface area contributed by atoms with Crippen LogP contribution in [-0.4, -0.2) is 26.4 Å². The van der Waals surface area contributed by atoms with E-state index in [4.69, 9.17) is 11.6 Å². The molecular weight excluding hydrogens is 272 g/mol. The molecule has 5 nitrogen and oxygen atoms in total. The SMILES string of the molecule is Cn1cnnc1SCC(=O)Nc1ccccc1Cl. The van der Waals surface area contributed by atoms with Gasteiger partial charge in [-0.15, -0.1) is 10.2 Å². The number of nitrogens with zero attached hydrogens (tertiary/aromatic N) is 3. The van der Waals surface area contributed by atoms with Gasteiger partial charge in [0.05, 0.1) is 16.5 Å². The topological polar surface area (TPSA) is 59.8 Å². The van der Waals surface area contributed by atoms with Gasteiger partial charge < -0.3 is 9.88 Å². The van der Waals surface area contributed by atoms with Crippen molar-refractivity contribution < 1.29 is 4.79 Å². The first-order chi connectivity index (χ1) is 8.66. The molecule has 2 rings (SSSR count). The lowest BCUT2D eigenvalue weighted by molar-refractivity contribution is -0.113. The van der Waals surface area contributed by atoms with E-state index >= 15 is 0 Å². The van der Waals surface area contributed by atoms with Gasteiger partial charge in [-0.05, 0) is 12.1 Å². The van der Waals surface area contributed by atoms with Crippen molar-refractivity contribution in [1.82, 2.24) is 14.8 Å². The van der Waals surface area contributed by atoms with E-state index in [0.717, 1.165) is 0 Å². The first-order valence-electron chi connectivity index (χ1n) is 5.18. The third kappa shape index (κ3) is 3.24. The Morgan fingerprint density at radius 3 is 2.94 bits per heavy atom. The highest BCUT2D eigenvalue weighted by Crippen LogP contribution is 2.21. The number of nitrogens with one attached hydrogen (secondary N) is 1. The summed E-state index contributed by atoms with van der Waals surface area (Å²) in [5.74, 6) is 0.133. The molecule has 1 amide bonds. The lowest BCUT2D eigenvalue weighted by Crippen LogP contribution is -2.14. The molecule has 0 radical (unpaired) electrons. The van der Waals surface area contributed by atoms with E-state index in [1.165, 1.54) is 11.8 Å². The minimum atomic E-state index is -0.129. The van der Waals surface area contributed by atoms with E-state index in [2.05, 4.69) is 15.5 Å². The van der Waals surface area contributed by atoms with Crippen molar-refractivity contribution in [2.45, 2.75) is 5.16 Å². The van der Waals surface area contributed by atoms with Crippen molar-refractivity contribution in [3.63, 3.8) is 0 Å². The van der Waals surface area contributed by atoms with Crippen molar-refractivity contribution in [3.05, 3.63) is 35.6 Å². The van der Waals surface area contributed by atoms with Gasteiger partial charge in [0, 0.05) is 7.05 Å². The maximum absolute atomic E-state index is 11.7. The van der Waals surface area contributed by atoms with Crippen molar-refractivity contribution in [2.75, 3.05) is 11.1 Å². The predicted molar refractivity (Wildman–Crippen MR) is 71.8 cm³/mol. The number of halogens is 1. The molecule has 1 aromatic heterocycles. The standard InChI is InChI=1S/C11H11ClN4OS/c1-16-7-13-15-11(16)18-6-10(17)14-9-5-3-2-4-8(9)12/h2-5,7H,6H2,1H3,(H,14,17). The van der Waals surface area contributed by atoms with E-state index in [1.54, 1.807) is 23.0 Å². The van der Waals surface area contributed by atoms with Gasteiger partial charge in [-0.1, -0.05) is 35.5 Å². The molecule has 0 bridgehead atoms. The fourth-order valence-corrected chi connectivity index (χ4v) is 2.15. The van der Waals surface area contributed by atoms with Gasteiger partial charge in [0.1, 0.15) is 6.33 Å². The number of anilines is 1.